The lowest BCUT2D eigenvalue weighted by molar-refractivity contribution is 0.0981. The summed E-state index contributed by atoms with van der Waals surface area (Å²) in [6, 6.07) is 4.29. The summed E-state index contributed by atoms with van der Waals surface area (Å²) >= 11 is 0.948. The molecule has 0 saturated heterocycles. The van der Waals surface area contributed by atoms with Crippen molar-refractivity contribution in [2.45, 2.75) is 18.4 Å². The molecule has 1 N–H and O–H groups in total. The zero-order valence-corrected chi connectivity index (χ0v) is 14.5. The van der Waals surface area contributed by atoms with Gasteiger partial charge in [0.1, 0.15) is 0 Å². The highest BCUT2D eigenvalue weighted by Crippen LogP contribution is 2.21. The number of benzene rings is 1. The fourth-order valence-electron chi connectivity index (χ4n) is 2.17. The number of sulfonamides is 1. The molecule has 0 radical (unpaired) electrons. The summed E-state index contributed by atoms with van der Waals surface area (Å²) in [4.78, 5) is 23.5. The smallest absolute Gasteiger partial charge is 0.302 e. The Balaban J connectivity index is 1.92. The van der Waals surface area contributed by atoms with Crippen LogP contribution >= 0.6 is 11.3 Å². The van der Waals surface area contributed by atoms with E-state index in [4.69, 9.17) is 0 Å². The van der Waals surface area contributed by atoms with Crippen molar-refractivity contribution in [2.24, 2.45) is 7.05 Å². The standard InChI is InChI=1S/C14H14N4O4S2/c1-3-18-8-9(7-15-18)13(19)16-24(21,22)10-4-5-11-12(6-10)23-14(20)17(11)2/h4-8H,3H2,1-2H3,(H,16,19). The van der Waals surface area contributed by atoms with E-state index in [0.29, 0.717) is 16.8 Å². The maximum absolute atomic E-state index is 12.4. The van der Waals surface area contributed by atoms with Gasteiger partial charge in [0.25, 0.3) is 15.9 Å². The van der Waals surface area contributed by atoms with Crippen LogP contribution in [-0.2, 0) is 23.6 Å². The number of carbonyl (C=O) groups excluding carboxylic acids is 1. The number of amides is 1. The van der Waals surface area contributed by atoms with Crippen molar-refractivity contribution in [2.75, 3.05) is 0 Å². The molecule has 0 spiro atoms. The van der Waals surface area contributed by atoms with Crippen molar-refractivity contribution in [1.82, 2.24) is 19.1 Å². The Labute approximate surface area is 141 Å². The Morgan fingerprint density at radius 2 is 2.12 bits per heavy atom. The highest BCUT2D eigenvalue weighted by atomic mass is 32.2. The van der Waals surface area contributed by atoms with E-state index >= 15 is 0 Å². The number of nitrogens with one attached hydrogen (secondary N) is 1. The van der Waals surface area contributed by atoms with Gasteiger partial charge in [-0.05, 0) is 25.1 Å². The lowest BCUT2D eigenvalue weighted by Gasteiger charge is -2.06. The van der Waals surface area contributed by atoms with E-state index in [1.807, 2.05) is 11.6 Å². The van der Waals surface area contributed by atoms with Gasteiger partial charge in [0.15, 0.2) is 0 Å². The van der Waals surface area contributed by atoms with E-state index in [-0.39, 0.29) is 15.3 Å². The summed E-state index contributed by atoms with van der Waals surface area (Å²) in [5.41, 5.74) is 0.797. The first-order chi connectivity index (χ1) is 11.3. The Bertz CT molecular complexity index is 1090. The quantitative estimate of drug-likeness (QED) is 0.740. The van der Waals surface area contributed by atoms with E-state index in [0.717, 1.165) is 11.3 Å². The van der Waals surface area contributed by atoms with Gasteiger partial charge in [0.2, 0.25) is 0 Å². The van der Waals surface area contributed by atoms with Crippen molar-refractivity contribution in [1.29, 1.82) is 0 Å². The molecule has 3 rings (SSSR count). The minimum absolute atomic E-state index is 0.0758. The maximum atomic E-state index is 12.4. The van der Waals surface area contributed by atoms with E-state index in [1.54, 1.807) is 13.1 Å². The average Bonchev–Trinajstić information content (AvgIpc) is 3.12. The molecule has 0 atom stereocenters. The number of rotatable bonds is 4. The van der Waals surface area contributed by atoms with Crippen LogP contribution in [0.25, 0.3) is 10.2 Å². The van der Waals surface area contributed by atoms with E-state index in [1.165, 1.54) is 33.8 Å². The lowest BCUT2D eigenvalue weighted by atomic mass is 10.3. The second kappa shape index (κ2) is 5.87. The van der Waals surface area contributed by atoms with Crippen LogP contribution in [0.1, 0.15) is 17.3 Å². The van der Waals surface area contributed by atoms with Crippen LogP contribution < -0.4 is 9.60 Å². The molecule has 1 amide bonds. The maximum Gasteiger partial charge on any atom is 0.307 e. The minimum Gasteiger partial charge on any atom is -0.302 e. The van der Waals surface area contributed by atoms with Gasteiger partial charge in [0, 0.05) is 19.8 Å². The van der Waals surface area contributed by atoms with Gasteiger partial charge in [-0.25, -0.2) is 13.1 Å². The summed E-state index contributed by atoms with van der Waals surface area (Å²) in [6.45, 7) is 2.43. The van der Waals surface area contributed by atoms with Crippen molar-refractivity contribution in [3.05, 3.63) is 45.8 Å². The van der Waals surface area contributed by atoms with Gasteiger partial charge < -0.3 is 4.57 Å². The monoisotopic (exact) mass is 366 g/mol. The molecule has 2 aromatic heterocycles. The Hall–Kier alpha value is -2.46. The van der Waals surface area contributed by atoms with Gasteiger partial charge in [-0.1, -0.05) is 11.3 Å². The number of aryl methyl sites for hydroxylation is 2. The molecule has 0 aliphatic heterocycles. The topological polar surface area (TPSA) is 103 Å². The number of thiazole rings is 1. The molecule has 0 fully saturated rings. The zero-order chi connectivity index (χ0) is 17.5. The molecular formula is C14H14N4O4S2. The molecule has 0 saturated carbocycles. The molecule has 126 valence electrons. The van der Waals surface area contributed by atoms with E-state index in [2.05, 4.69) is 5.10 Å². The number of hydrogen-bond acceptors (Lipinski definition) is 6. The molecule has 10 heteroatoms. The first-order valence-electron chi connectivity index (χ1n) is 7.01. The zero-order valence-electron chi connectivity index (χ0n) is 12.9. The molecule has 0 aliphatic carbocycles. The molecule has 1 aromatic carbocycles. The summed E-state index contributed by atoms with van der Waals surface area (Å²) in [7, 11) is -2.43. The number of carbonyl (C=O) groups is 1. The lowest BCUT2D eigenvalue weighted by Crippen LogP contribution is -2.30. The van der Waals surface area contributed by atoms with E-state index in [9.17, 15) is 18.0 Å². The predicted octanol–water partition coefficient (Wildman–Crippen LogP) is 0.935. The van der Waals surface area contributed by atoms with Gasteiger partial charge in [-0.3, -0.25) is 14.3 Å². The molecule has 24 heavy (non-hydrogen) atoms. The second-order valence-corrected chi connectivity index (χ2v) is 7.75. The highest BCUT2D eigenvalue weighted by Gasteiger charge is 2.21. The summed E-state index contributed by atoms with van der Waals surface area (Å²) < 4.78 is 30.3. The summed E-state index contributed by atoms with van der Waals surface area (Å²) in [6.07, 6.45) is 2.78. The Morgan fingerprint density at radius 1 is 1.38 bits per heavy atom. The van der Waals surface area contributed by atoms with Crippen LogP contribution in [0.5, 0.6) is 0 Å². The molecular weight excluding hydrogens is 352 g/mol. The van der Waals surface area contributed by atoms with Crippen LogP contribution in [0, 0.1) is 0 Å². The number of nitrogens with zero attached hydrogens (tertiary/aromatic N) is 3. The van der Waals surface area contributed by atoms with E-state index < -0.39 is 15.9 Å². The fourth-order valence-corrected chi connectivity index (χ4v) is 4.17. The van der Waals surface area contributed by atoms with Gasteiger partial charge >= 0.3 is 4.87 Å². The third-order valence-corrected chi connectivity index (χ3v) is 5.84. The van der Waals surface area contributed by atoms with Crippen molar-refractivity contribution >= 4 is 37.5 Å². The second-order valence-electron chi connectivity index (χ2n) is 5.08. The molecule has 2 heterocycles. The molecule has 3 aromatic rings. The van der Waals surface area contributed by atoms with Gasteiger partial charge in [0.05, 0.1) is 26.9 Å². The number of hydrogen-bond donors (Lipinski definition) is 1. The van der Waals surface area contributed by atoms with Crippen LogP contribution in [0.3, 0.4) is 0 Å². The van der Waals surface area contributed by atoms with Crippen molar-refractivity contribution in [3.8, 4) is 0 Å². The average molecular weight is 366 g/mol. The fraction of sp³-hybridized carbons (Fsp3) is 0.214. The summed E-state index contributed by atoms with van der Waals surface area (Å²) in [5.74, 6) is -0.754. The largest absolute Gasteiger partial charge is 0.307 e. The molecule has 0 aliphatic rings. The van der Waals surface area contributed by atoms with Crippen LogP contribution in [0.4, 0.5) is 0 Å². The SMILES string of the molecule is CCn1cc(C(=O)NS(=O)(=O)c2ccc3c(c2)sc(=O)n3C)cn1. The summed E-state index contributed by atoms with van der Waals surface area (Å²) in [5, 5.41) is 3.94. The highest BCUT2D eigenvalue weighted by molar-refractivity contribution is 7.90. The third-order valence-electron chi connectivity index (χ3n) is 3.52. The van der Waals surface area contributed by atoms with Crippen LogP contribution in [0.15, 0.2) is 40.3 Å². The van der Waals surface area contributed by atoms with Crippen molar-refractivity contribution in [3.63, 3.8) is 0 Å². The number of fused-ring (bicyclic) bond motifs is 1. The van der Waals surface area contributed by atoms with Gasteiger partial charge in [-0.15, -0.1) is 0 Å². The van der Waals surface area contributed by atoms with Gasteiger partial charge in [-0.2, -0.15) is 5.10 Å². The Morgan fingerprint density at radius 3 is 2.79 bits per heavy atom. The predicted molar refractivity (Wildman–Crippen MR) is 89.6 cm³/mol. The van der Waals surface area contributed by atoms with Crippen LogP contribution in [-0.4, -0.2) is 28.7 Å². The normalized spacial score (nSPS) is 11.8. The molecule has 0 unspecified atom stereocenters. The molecule has 8 nitrogen and oxygen atoms in total. The molecule has 0 bridgehead atoms. The van der Waals surface area contributed by atoms with Crippen molar-refractivity contribution < 1.29 is 13.2 Å². The number of aromatic nitrogens is 3. The minimum atomic E-state index is -4.04. The first-order valence-corrected chi connectivity index (χ1v) is 9.31. The Kier molecular flexibility index (Phi) is 4.01. The van der Waals surface area contributed by atoms with Crippen LogP contribution in [0.2, 0.25) is 0 Å². The first kappa shape index (κ1) is 16.4. The third kappa shape index (κ3) is 2.85.